The molecule has 0 amide bonds. The molecule has 4 nitrogen and oxygen atoms in total. The van der Waals surface area contributed by atoms with E-state index in [1.165, 1.54) is 11.3 Å². The van der Waals surface area contributed by atoms with Gasteiger partial charge in [0.15, 0.2) is 0 Å². The minimum absolute atomic E-state index is 0.174. The molecule has 3 rings (SSSR count). The molecule has 0 saturated heterocycles. The van der Waals surface area contributed by atoms with Crippen molar-refractivity contribution in [1.29, 1.82) is 0 Å². The SMILES string of the molecule is Nc1cccc(C(=O)OCc2nc3ccccc3s2)c1. The Hall–Kier alpha value is -2.40. The number of esters is 1. The van der Waals surface area contributed by atoms with Gasteiger partial charge >= 0.3 is 5.97 Å². The molecule has 20 heavy (non-hydrogen) atoms. The first-order valence-electron chi connectivity index (χ1n) is 6.09. The number of thiazole rings is 1. The number of ether oxygens (including phenoxy) is 1. The molecule has 1 aromatic heterocycles. The Morgan fingerprint density at radius 3 is 2.85 bits per heavy atom. The van der Waals surface area contributed by atoms with Crippen LogP contribution in [0.1, 0.15) is 15.4 Å². The fourth-order valence-electron chi connectivity index (χ4n) is 1.86. The first-order chi connectivity index (χ1) is 9.72. The number of nitrogens with two attached hydrogens (primary N) is 1. The number of carbonyl (C=O) groups excluding carboxylic acids is 1. The minimum Gasteiger partial charge on any atom is -0.455 e. The van der Waals surface area contributed by atoms with Gasteiger partial charge in [-0.15, -0.1) is 11.3 Å². The van der Waals surface area contributed by atoms with Gasteiger partial charge in [-0.3, -0.25) is 0 Å². The zero-order valence-electron chi connectivity index (χ0n) is 10.6. The number of aromatic nitrogens is 1. The van der Waals surface area contributed by atoms with Crippen LogP contribution in [0.25, 0.3) is 10.2 Å². The summed E-state index contributed by atoms with van der Waals surface area (Å²) < 4.78 is 6.34. The number of hydrogen-bond donors (Lipinski definition) is 1. The van der Waals surface area contributed by atoms with Gasteiger partial charge in [0.2, 0.25) is 0 Å². The minimum atomic E-state index is -0.392. The molecule has 0 bridgehead atoms. The molecule has 0 unspecified atom stereocenters. The van der Waals surface area contributed by atoms with E-state index in [1.807, 2.05) is 24.3 Å². The molecule has 0 fully saturated rings. The van der Waals surface area contributed by atoms with Crippen molar-refractivity contribution in [3.63, 3.8) is 0 Å². The molecule has 0 spiro atoms. The normalized spacial score (nSPS) is 10.6. The van der Waals surface area contributed by atoms with E-state index < -0.39 is 5.97 Å². The number of carbonyl (C=O) groups is 1. The van der Waals surface area contributed by atoms with E-state index >= 15 is 0 Å². The van der Waals surface area contributed by atoms with Gasteiger partial charge in [-0.1, -0.05) is 18.2 Å². The van der Waals surface area contributed by atoms with Crippen molar-refractivity contribution in [1.82, 2.24) is 4.98 Å². The lowest BCUT2D eigenvalue weighted by Crippen LogP contribution is -2.05. The average molecular weight is 284 g/mol. The number of para-hydroxylation sites is 1. The molecule has 0 aliphatic rings. The number of rotatable bonds is 3. The van der Waals surface area contributed by atoms with Gasteiger partial charge in [0.1, 0.15) is 11.6 Å². The van der Waals surface area contributed by atoms with Gasteiger partial charge in [0.25, 0.3) is 0 Å². The highest BCUT2D eigenvalue weighted by atomic mass is 32.1. The summed E-state index contributed by atoms with van der Waals surface area (Å²) >= 11 is 1.52. The standard InChI is InChI=1S/C15H12N2O2S/c16-11-5-3-4-10(8-11)15(18)19-9-14-17-12-6-1-2-7-13(12)20-14/h1-8H,9,16H2. The third-order valence-corrected chi connectivity index (χ3v) is 3.80. The van der Waals surface area contributed by atoms with Gasteiger partial charge in [-0.25, -0.2) is 9.78 Å². The lowest BCUT2D eigenvalue weighted by atomic mass is 10.2. The monoisotopic (exact) mass is 284 g/mol. The zero-order chi connectivity index (χ0) is 13.9. The van der Waals surface area contributed by atoms with E-state index in [-0.39, 0.29) is 6.61 Å². The molecular weight excluding hydrogens is 272 g/mol. The third-order valence-electron chi connectivity index (χ3n) is 2.79. The molecule has 0 aliphatic heterocycles. The van der Waals surface area contributed by atoms with Crippen LogP contribution in [-0.4, -0.2) is 11.0 Å². The van der Waals surface area contributed by atoms with E-state index in [9.17, 15) is 4.79 Å². The summed E-state index contributed by atoms with van der Waals surface area (Å²) in [5.74, 6) is -0.392. The van der Waals surface area contributed by atoms with Gasteiger partial charge in [-0.2, -0.15) is 0 Å². The Bertz CT molecular complexity index is 734. The van der Waals surface area contributed by atoms with E-state index in [2.05, 4.69) is 4.98 Å². The number of nitrogen functional groups attached to an aromatic ring is 1. The van der Waals surface area contributed by atoms with Crippen molar-refractivity contribution in [2.24, 2.45) is 0 Å². The second-order valence-electron chi connectivity index (χ2n) is 4.28. The van der Waals surface area contributed by atoms with Gasteiger partial charge in [0, 0.05) is 5.69 Å². The molecule has 1 heterocycles. The van der Waals surface area contributed by atoms with Crippen LogP contribution >= 0.6 is 11.3 Å². The predicted molar refractivity (Wildman–Crippen MR) is 79.6 cm³/mol. The highest BCUT2D eigenvalue weighted by Gasteiger charge is 2.09. The molecule has 0 radical (unpaired) electrons. The topological polar surface area (TPSA) is 65.2 Å². The quantitative estimate of drug-likeness (QED) is 0.592. The molecule has 2 aromatic carbocycles. The summed E-state index contributed by atoms with van der Waals surface area (Å²) in [6.45, 7) is 0.174. The van der Waals surface area contributed by atoms with Gasteiger partial charge in [0.05, 0.1) is 15.8 Å². The van der Waals surface area contributed by atoms with Crippen LogP contribution in [-0.2, 0) is 11.3 Å². The second kappa shape index (κ2) is 5.30. The summed E-state index contributed by atoms with van der Waals surface area (Å²) in [5, 5.41) is 0.781. The molecule has 0 aliphatic carbocycles. The molecule has 100 valence electrons. The Kier molecular flexibility index (Phi) is 3.35. The van der Waals surface area contributed by atoms with Crippen LogP contribution in [0.4, 0.5) is 5.69 Å². The first-order valence-corrected chi connectivity index (χ1v) is 6.91. The average Bonchev–Trinajstić information content (AvgIpc) is 2.87. The smallest absolute Gasteiger partial charge is 0.338 e. The Balaban J connectivity index is 1.71. The first kappa shape index (κ1) is 12.6. The van der Waals surface area contributed by atoms with Crippen LogP contribution in [0.2, 0.25) is 0 Å². The van der Waals surface area contributed by atoms with E-state index in [0.717, 1.165) is 15.2 Å². The lowest BCUT2D eigenvalue weighted by Gasteiger charge is -2.03. The fraction of sp³-hybridized carbons (Fsp3) is 0.0667. The zero-order valence-corrected chi connectivity index (χ0v) is 11.4. The Morgan fingerprint density at radius 1 is 1.20 bits per heavy atom. The third kappa shape index (κ3) is 2.62. The lowest BCUT2D eigenvalue weighted by molar-refractivity contribution is 0.0472. The van der Waals surface area contributed by atoms with Gasteiger partial charge < -0.3 is 10.5 Å². The predicted octanol–water partition coefficient (Wildman–Crippen LogP) is 3.24. The molecule has 3 aromatic rings. The number of hydrogen-bond acceptors (Lipinski definition) is 5. The highest BCUT2D eigenvalue weighted by Crippen LogP contribution is 2.22. The van der Waals surface area contributed by atoms with Gasteiger partial charge in [-0.05, 0) is 30.3 Å². The summed E-state index contributed by atoms with van der Waals surface area (Å²) in [6, 6.07) is 14.6. The van der Waals surface area contributed by atoms with Crippen LogP contribution in [0, 0.1) is 0 Å². The van der Waals surface area contributed by atoms with Crippen molar-refractivity contribution < 1.29 is 9.53 Å². The Morgan fingerprint density at radius 2 is 2.05 bits per heavy atom. The fourth-order valence-corrected chi connectivity index (χ4v) is 2.74. The number of anilines is 1. The van der Waals surface area contributed by atoms with E-state index in [4.69, 9.17) is 10.5 Å². The Labute approximate surface area is 119 Å². The molecule has 5 heteroatoms. The number of benzene rings is 2. The second-order valence-corrected chi connectivity index (χ2v) is 5.39. The van der Waals surface area contributed by atoms with Crippen molar-refractivity contribution in [3.05, 3.63) is 59.1 Å². The molecular formula is C15H12N2O2S. The van der Waals surface area contributed by atoms with Crippen LogP contribution in [0.3, 0.4) is 0 Å². The van der Waals surface area contributed by atoms with Crippen molar-refractivity contribution in [2.45, 2.75) is 6.61 Å². The molecule has 0 atom stereocenters. The van der Waals surface area contributed by atoms with Crippen LogP contribution in [0.5, 0.6) is 0 Å². The summed E-state index contributed by atoms with van der Waals surface area (Å²) in [5.41, 5.74) is 7.55. The van der Waals surface area contributed by atoms with Crippen LogP contribution in [0.15, 0.2) is 48.5 Å². The highest BCUT2D eigenvalue weighted by molar-refractivity contribution is 7.18. The van der Waals surface area contributed by atoms with Crippen molar-refractivity contribution in [2.75, 3.05) is 5.73 Å². The molecule has 0 saturated carbocycles. The maximum Gasteiger partial charge on any atom is 0.338 e. The largest absolute Gasteiger partial charge is 0.455 e. The van der Waals surface area contributed by atoms with Crippen LogP contribution < -0.4 is 5.73 Å². The summed E-state index contributed by atoms with van der Waals surface area (Å²) in [6.07, 6.45) is 0. The number of fused-ring (bicyclic) bond motifs is 1. The summed E-state index contributed by atoms with van der Waals surface area (Å²) in [4.78, 5) is 16.3. The maximum absolute atomic E-state index is 11.9. The van der Waals surface area contributed by atoms with Crippen molar-refractivity contribution in [3.8, 4) is 0 Å². The van der Waals surface area contributed by atoms with Crippen molar-refractivity contribution >= 4 is 33.2 Å². The maximum atomic E-state index is 11.9. The summed E-state index contributed by atoms with van der Waals surface area (Å²) in [7, 11) is 0. The van der Waals surface area contributed by atoms with E-state index in [1.54, 1.807) is 24.3 Å². The molecule has 2 N–H and O–H groups in total. The van der Waals surface area contributed by atoms with E-state index in [0.29, 0.717) is 11.3 Å². The number of nitrogens with zero attached hydrogens (tertiary/aromatic N) is 1.